The molecule has 0 aliphatic rings. The summed E-state index contributed by atoms with van der Waals surface area (Å²) in [7, 11) is 0. The molecule has 4 nitrogen and oxygen atoms in total. The molecule has 0 aromatic carbocycles. The van der Waals surface area contributed by atoms with Crippen LogP contribution in [0.25, 0.3) is 0 Å². The third-order valence-electron chi connectivity index (χ3n) is 0.786. The van der Waals surface area contributed by atoms with E-state index in [-0.39, 0.29) is 13.2 Å². The first-order valence-corrected chi connectivity index (χ1v) is 3.18. The van der Waals surface area contributed by atoms with Crippen molar-refractivity contribution in [3.63, 3.8) is 0 Å². The van der Waals surface area contributed by atoms with E-state index in [9.17, 15) is 0 Å². The highest BCUT2D eigenvalue weighted by Gasteiger charge is 1.98. The molecule has 0 radical (unpaired) electrons. The minimum atomic E-state index is -0.608. The number of rotatable bonds is 4. The molecule has 1 atom stereocenters. The van der Waals surface area contributed by atoms with Crippen molar-refractivity contribution in [3.8, 4) is 0 Å². The van der Waals surface area contributed by atoms with E-state index in [1.807, 2.05) is 13.8 Å². The van der Waals surface area contributed by atoms with Crippen molar-refractivity contribution in [1.29, 1.82) is 0 Å². The molecule has 0 rings (SSSR count). The average Bonchev–Trinajstić information content (AvgIpc) is 1.87. The summed E-state index contributed by atoms with van der Waals surface area (Å²) in [6.45, 7) is 4.00. The topological polar surface area (TPSA) is 67.8 Å². The first kappa shape index (κ1) is 9.39. The van der Waals surface area contributed by atoms with Gasteiger partial charge in [0.25, 0.3) is 0 Å². The summed E-state index contributed by atoms with van der Waals surface area (Å²) < 4.78 is 0. The summed E-state index contributed by atoms with van der Waals surface area (Å²) in [5.41, 5.74) is 5.93. The lowest BCUT2D eigenvalue weighted by atomic mass is 10.4. The van der Waals surface area contributed by atoms with Crippen LogP contribution in [0.5, 0.6) is 0 Å². The molecule has 0 saturated heterocycles. The number of hydrogen-bond acceptors (Lipinski definition) is 4. The maximum atomic E-state index is 8.85. The number of hydrogen-bond donors (Lipinski definition) is 2. The van der Waals surface area contributed by atoms with Crippen molar-refractivity contribution in [2.45, 2.75) is 20.0 Å². The van der Waals surface area contributed by atoms with Gasteiger partial charge < -0.3 is 15.7 Å². The van der Waals surface area contributed by atoms with Crippen LogP contribution in [-0.4, -0.2) is 30.1 Å². The lowest BCUT2D eigenvalue weighted by Gasteiger charge is -2.04. The standard InChI is InChI=1S/C6H14N2O2/c1-5(2)8-10-4-6(9)3-7/h6,9H,3-4,7H2,1-2H3. The predicted octanol–water partition coefficient (Wildman–Crippen LogP) is -0.282. The van der Waals surface area contributed by atoms with Gasteiger partial charge in [-0.15, -0.1) is 0 Å². The maximum absolute atomic E-state index is 8.85. The zero-order chi connectivity index (χ0) is 7.98. The van der Waals surface area contributed by atoms with Gasteiger partial charge in [-0.25, -0.2) is 0 Å². The summed E-state index contributed by atoms with van der Waals surface area (Å²) in [5.74, 6) is 0. The van der Waals surface area contributed by atoms with Crippen molar-refractivity contribution in [1.82, 2.24) is 0 Å². The fraction of sp³-hybridized carbons (Fsp3) is 0.833. The molecule has 10 heavy (non-hydrogen) atoms. The lowest BCUT2D eigenvalue weighted by Crippen LogP contribution is -2.24. The second-order valence-corrected chi connectivity index (χ2v) is 2.22. The Bertz CT molecular complexity index is 110. The van der Waals surface area contributed by atoms with E-state index in [1.165, 1.54) is 0 Å². The summed E-state index contributed by atoms with van der Waals surface area (Å²) in [4.78, 5) is 4.71. The molecule has 0 aliphatic heterocycles. The van der Waals surface area contributed by atoms with Gasteiger partial charge in [-0.2, -0.15) is 0 Å². The van der Waals surface area contributed by atoms with Gasteiger partial charge >= 0.3 is 0 Å². The molecule has 0 aromatic heterocycles. The first-order valence-electron chi connectivity index (χ1n) is 3.18. The first-order chi connectivity index (χ1) is 4.66. The van der Waals surface area contributed by atoms with Crippen LogP contribution in [0.15, 0.2) is 5.16 Å². The number of nitrogens with zero attached hydrogens (tertiary/aromatic N) is 1. The molecule has 0 saturated carbocycles. The van der Waals surface area contributed by atoms with E-state index in [0.717, 1.165) is 5.71 Å². The van der Waals surface area contributed by atoms with Gasteiger partial charge in [-0.1, -0.05) is 5.16 Å². The Labute approximate surface area is 60.7 Å². The molecule has 0 aliphatic carbocycles. The fourth-order valence-electron chi connectivity index (χ4n) is 0.320. The lowest BCUT2D eigenvalue weighted by molar-refractivity contribution is 0.0447. The van der Waals surface area contributed by atoms with Gasteiger partial charge in [0.2, 0.25) is 0 Å². The highest BCUT2D eigenvalue weighted by molar-refractivity contribution is 5.78. The van der Waals surface area contributed by atoms with Gasteiger partial charge in [0, 0.05) is 6.54 Å². The van der Waals surface area contributed by atoms with Crippen LogP contribution in [0.2, 0.25) is 0 Å². The van der Waals surface area contributed by atoms with Gasteiger partial charge in [-0.3, -0.25) is 0 Å². The van der Waals surface area contributed by atoms with E-state index < -0.39 is 6.10 Å². The largest absolute Gasteiger partial charge is 0.393 e. The van der Waals surface area contributed by atoms with Gasteiger partial charge in [0.15, 0.2) is 0 Å². The minimum Gasteiger partial charge on any atom is -0.393 e. The number of nitrogens with two attached hydrogens (primary N) is 1. The Balaban J connectivity index is 3.28. The Morgan fingerprint density at radius 1 is 1.70 bits per heavy atom. The SMILES string of the molecule is CC(C)=NOCC(O)CN. The summed E-state index contributed by atoms with van der Waals surface area (Å²) in [6, 6.07) is 0. The quantitative estimate of drug-likeness (QED) is 0.423. The third kappa shape index (κ3) is 5.53. The predicted molar refractivity (Wildman–Crippen MR) is 39.8 cm³/mol. The third-order valence-corrected chi connectivity index (χ3v) is 0.786. The van der Waals surface area contributed by atoms with Gasteiger partial charge in [-0.05, 0) is 13.8 Å². The highest BCUT2D eigenvalue weighted by atomic mass is 16.6. The molecule has 0 bridgehead atoms. The monoisotopic (exact) mass is 146 g/mol. The molecule has 1 unspecified atom stereocenters. The Hall–Kier alpha value is -0.610. The van der Waals surface area contributed by atoms with E-state index in [2.05, 4.69) is 5.16 Å². The molecule has 3 N–H and O–H groups in total. The van der Waals surface area contributed by atoms with E-state index in [1.54, 1.807) is 0 Å². The average molecular weight is 146 g/mol. The van der Waals surface area contributed by atoms with E-state index in [0.29, 0.717) is 0 Å². The van der Waals surface area contributed by atoms with Crippen molar-refractivity contribution >= 4 is 5.71 Å². The van der Waals surface area contributed by atoms with Crippen molar-refractivity contribution in [2.75, 3.05) is 13.2 Å². The molecule has 0 amide bonds. The van der Waals surface area contributed by atoms with Crippen LogP contribution in [0.1, 0.15) is 13.8 Å². The minimum absolute atomic E-state index is 0.168. The molecule has 0 heterocycles. The highest BCUT2D eigenvalue weighted by Crippen LogP contribution is 1.84. The smallest absolute Gasteiger partial charge is 0.144 e. The zero-order valence-corrected chi connectivity index (χ0v) is 6.37. The molecular weight excluding hydrogens is 132 g/mol. The van der Waals surface area contributed by atoms with Crippen molar-refractivity contribution < 1.29 is 9.94 Å². The summed E-state index contributed by atoms with van der Waals surface area (Å²) >= 11 is 0. The molecular formula is C6H14N2O2. The summed E-state index contributed by atoms with van der Waals surface area (Å²) in [6.07, 6.45) is -0.608. The molecule has 60 valence electrons. The van der Waals surface area contributed by atoms with Gasteiger partial charge in [0.1, 0.15) is 12.7 Å². The molecule has 0 aromatic rings. The van der Waals surface area contributed by atoms with Crippen LogP contribution in [-0.2, 0) is 4.84 Å². The second kappa shape index (κ2) is 5.20. The van der Waals surface area contributed by atoms with E-state index in [4.69, 9.17) is 15.7 Å². The Morgan fingerprint density at radius 2 is 2.30 bits per heavy atom. The number of aliphatic hydroxyl groups excluding tert-OH is 1. The summed E-state index contributed by atoms with van der Waals surface area (Å²) in [5, 5.41) is 12.5. The van der Waals surface area contributed by atoms with Crippen LogP contribution in [0.4, 0.5) is 0 Å². The molecule has 0 spiro atoms. The van der Waals surface area contributed by atoms with Crippen LogP contribution in [0.3, 0.4) is 0 Å². The fourth-order valence-corrected chi connectivity index (χ4v) is 0.320. The van der Waals surface area contributed by atoms with Crippen molar-refractivity contribution in [3.05, 3.63) is 0 Å². The number of aliphatic hydroxyl groups is 1. The maximum Gasteiger partial charge on any atom is 0.144 e. The van der Waals surface area contributed by atoms with Crippen LogP contribution < -0.4 is 5.73 Å². The molecule has 4 heteroatoms. The zero-order valence-electron chi connectivity index (χ0n) is 6.37. The van der Waals surface area contributed by atoms with Crippen LogP contribution >= 0.6 is 0 Å². The van der Waals surface area contributed by atoms with Gasteiger partial charge in [0.05, 0.1) is 5.71 Å². The molecule has 0 fully saturated rings. The van der Waals surface area contributed by atoms with E-state index >= 15 is 0 Å². The second-order valence-electron chi connectivity index (χ2n) is 2.22. The van der Waals surface area contributed by atoms with Crippen LogP contribution in [0, 0.1) is 0 Å². The normalized spacial score (nSPS) is 12.4. The number of oxime groups is 1. The van der Waals surface area contributed by atoms with Crippen molar-refractivity contribution in [2.24, 2.45) is 10.9 Å². The Kier molecular flexibility index (Phi) is 4.88. The Morgan fingerprint density at radius 3 is 2.70 bits per heavy atom.